The van der Waals surface area contributed by atoms with Gasteiger partial charge in [0.05, 0.1) is 24.1 Å². The van der Waals surface area contributed by atoms with Crippen LogP contribution in [0.3, 0.4) is 0 Å². The van der Waals surface area contributed by atoms with Gasteiger partial charge in [-0.15, -0.1) is 0 Å². The summed E-state index contributed by atoms with van der Waals surface area (Å²) in [5.41, 5.74) is 5.80. The lowest BCUT2D eigenvalue weighted by Crippen LogP contribution is -2.22. The van der Waals surface area contributed by atoms with Gasteiger partial charge in [0.1, 0.15) is 5.76 Å². The van der Waals surface area contributed by atoms with Crippen molar-refractivity contribution in [2.75, 3.05) is 12.4 Å². The van der Waals surface area contributed by atoms with Crippen LogP contribution in [-0.4, -0.2) is 30.6 Å². The van der Waals surface area contributed by atoms with Crippen molar-refractivity contribution in [1.29, 1.82) is 0 Å². The van der Waals surface area contributed by atoms with Crippen molar-refractivity contribution in [3.05, 3.63) is 101 Å². The smallest absolute Gasteiger partial charge is 0.339 e. The van der Waals surface area contributed by atoms with Gasteiger partial charge in [-0.2, -0.15) is 5.10 Å². The van der Waals surface area contributed by atoms with Crippen molar-refractivity contribution >= 4 is 40.0 Å². The van der Waals surface area contributed by atoms with E-state index in [9.17, 15) is 14.4 Å². The fourth-order valence-electron chi connectivity index (χ4n) is 4.66. The highest BCUT2D eigenvalue weighted by Crippen LogP contribution is 2.31. The van der Waals surface area contributed by atoms with Crippen molar-refractivity contribution in [2.24, 2.45) is 5.10 Å². The zero-order valence-electron chi connectivity index (χ0n) is 20.5. The lowest BCUT2D eigenvalue weighted by molar-refractivity contribution is 0.0601. The maximum atomic E-state index is 13.1. The van der Waals surface area contributed by atoms with Gasteiger partial charge in [-0.25, -0.2) is 10.2 Å². The summed E-state index contributed by atoms with van der Waals surface area (Å²) >= 11 is 0. The molecular weight excluding hydrogens is 470 g/mol. The van der Waals surface area contributed by atoms with Crippen LogP contribution in [0.2, 0.25) is 0 Å². The van der Waals surface area contributed by atoms with Crippen LogP contribution in [0.5, 0.6) is 0 Å². The Morgan fingerprint density at radius 2 is 1.62 bits per heavy atom. The summed E-state index contributed by atoms with van der Waals surface area (Å²) in [6.45, 7) is 1.79. The predicted octanol–water partition coefficient (Wildman–Crippen LogP) is 5.25. The van der Waals surface area contributed by atoms with E-state index in [1.165, 1.54) is 7.11 Å². The first-order valence-corrected chi connectivity index (χ1v) is 11.9. The summed E-state index contributed by atoms with van der Waals surface area (Å²) in [5.74, 6) is -0.562. The number of ether oxygens (including phenoxy) is 1. The fourth-order valence-corrected chi connectivity index (χ4v) is 4.66. The molecule has 0 saturated heterocycles. The lowest BCUT2D eigenvalue weighted by Gasteiger charge is -2.13. The zero-order valence-corrected chi connectivity index (χ0v) is 20.5. The molecule has 8 nitrogen and oxygen atoms in total. The number of hydrogen-bond acceptors (Lipinski definition) is 6. The number of carbonyl (C=O) groups is 3. The van der Waals surface area contributed by atoms with Crippen LogP contribution >= 0.6 is 0 Å². The van der Waals surface area contributed by atoms with Gasteiger partial charge in [0.15, 0.2) is 5.76 Å². The number of esters is 1. The van der Waals surface area contributed by atoms with Crippen LogP contribution < -0.4 is 10.7 Å². The van der Waals surface area contributed by atoms with Crippen LogP contribution in [0, 0.1) is 6.92 Å². The summed E-state index contributed by atoms with van der Waals surface area (Å²) in [6.07, 6.45) is 2.06. The van der Waals surface area contributed by atoms with Gasteiger partial charge in [-0.1, -0.05) is 48.5 Å². The Bertz CT molecular complexity index is 1560. The van der Waals surface area contributed by atoms with E-state index in [2.05, 4.69) is 15.8 Å². The molecule has 4 aromatic rings. The SMILES string of the molecule is COC(=O)c1ccccc1NC(=O)c1oc2c(c1C)/C(=N/NC(=O)c1cccc3ccccc13)CCC2. The van der Waals surface area contributed by atoms with Crippen molar-refractivity contribution in [2.45, 2.75) is 26.2 Å². The molecule has 0 fully saturated rings. The molecule has 1 aromatic heterocycles. The zero-order chi connectivity index (χ0) is 25.9. The van der Waals surface area contributed by atoms with E-state index in [0.29, 0.717) is 41.1 Å². The van der Waals surface area contributed by atoms with Crippen LogP contribution in [0.1, 0.15) is 61.0 Å². The first kappa shape index (κ1) is 24.0. The van der Waals surface area contributed by atoms with E-state index in [0.717, 1.165) is 22.8 Å². The summed E-state index contributed by atoms with van der Waals surface area (Å²) in [6, 6.07) is 19.8. The van der Waals surface area contributed by atoms with Crippen LogP contribution in [0.15, 0.2) is 76.2 Å². The number of hydrogen-bond donors (Lipinski definition) is 2. The average Bonchev–Trinajstić information content (AvgIpc) is 3.28. The molecule has 0 aliphatic heterocycles. The van der Waals surface area contributed by atoms with E-state index in [-0.39, 0.29) is 17.2 Å². The summed E-state index contributed by atoms with van der Waals surface area (Å²) in [5, 5.41) is 9.01. The largest absolute Gasteiger partial charge is 0.465 e. The monoisotopic (exact) mass is 495 g/mol. The molecule has 0 radical (unpaired) electrons. The summed E-state index contributed by atoms with van der Waals surface area (Å²) in [7, 11) is 1.28. The van der Waals surface area contributed by atoms with E-state index in [4.69, 9.17) is 9.15 Å². The molecule has 0 atom stereocenters. The second kappa shape index (κ2) is 10.1. The Hall–Kier alpha value is -4.72. The minimum atomic E-state index is -0.553. The fraction of sp³-hybridized carbons (Fsp3) is 0.172. The van der Waals surface area contributed by atoms with Gasteiger partial charge in [0.2, 0.25) is 0 Å². The third-order valence-electron chi connectivity index (χ3n) is 6.44. The van der Waals surface area contributed by atoms with Gasteiger partial charge in [0.25, 0.3) is 11.8 Å². The maximum absolute atomic E-state index is 13.1. The molecule has 0 saturated carbocycles. The van der Waals surface area contributed by atoms with Gasteiger partial charge < -0.3 is 14.5 Å². The molecule has 0 spiro atoms. The third-order valence-corrected chi connectivity index (χ3v) is 6.44. The predicted molar refractivity (Wildman–Crippen MR) is 140 cm³/mol. The number of benzene rings is 3. The van der Waals surface area contributed by atoms with Gasteiger partial charge >= 0.3 is 5.97 Å². The third kappa shape index (κ3) is 4.61. The minimum absolute atomic E-state index is 0.139. The molecule has 1 heterocycles. The number of nitrogens with zero attached hydrogens (tertiary/aromatic N) is 1. The number of anilines is 1. The highest BCUT2D eigenvalue weighted by molar-refractivity contribution is 6.12. The van der Waals surface area contributed by atoms with E-state index >= 15 is 0 Å². The molecule has 0 bridgehead atoms. The summed E-state index contributed by atoms with van der Waals surface area (Å²) < 4.78 is 10.8. The van der Waals surface area contributed by atoms with Crippen LogP contribution in [-0.2, 0) is 11.2 Å². The number of hydrazone groups is 1. The molecule has 1 aliphatic carbocycles. The number of carbonyl (C=O) groups excluding carboxylic acids is 3. The quantitative estimate of drug-likeness (QED) is 0.290. The Morgan fingerprint density at radius 1 is 0.892 bits per heavy atom. The number of furan rings is 1. The second-order valence-electron chi connectivity index (χ2n) is 8.73. The molecule has 186 valence electrons. The number of rotatable bonds is 5. The number of fused-ring (bicyclic) bond motifs is 2. The molecule has 37 heavy (non-hydrogen) atoms. The molecule has 3 aromatic carbocycles. The first-order chi connectivity index (χ1) is 18.0. The Morgan fingerprint density at radius 3 is 2.46 bits per heavy atom. The normalized spacial score (nSPS) is 13.7. The highest BCUT2D eigenvalue weighted by Gasteiger charge is 2.29. The Kier molecular flexibility index (Phi) is 6.55. The second-order valence-corrected chi connectivity index (χ2v) is 8.73. The molecule has 1 aliphatic rings. The Labute approximate surface area is 213 Å². The van der Waals surface area contributed by atoms with Crippen molar-refractivity contribution in [3.8, 4) is 0 Å². The lowest BCUT2D eigenvalue weighted by atomic mass is 9.93. The number of methoxy groups -OCH3 is 1. The van der Waals surface area contributed by atoms with E-state index < -0.39 is 11.9 Å². The molecular formula is C29H25N3O5. The van der Waals surface area contributed by atoms with E-state index in [1.807, 2.05) is 36.4 Å². The number of aryl methyl sites for hydroxylation is 1. The molecule has 2 N–H and O–H groups in total. The van der Waals surface area contributed by atoms with Crippen molar-refractivity contribution in [1.82, 2.24) is 5.43 Å². The van der Waals surface area contributed by atoms with Gasteiger partial charge in [0, 0.05) is 23.1 Å². The standard InChI is InChI=1S/C29H25N3O5/c1-17-25-23(31-32-27(33)20-13-7-10-18-9-3-4-11-19(18)20)15-8-16-24(25)37-26(17)28(34)30-22-14-6-5-12-21(22)29(35)36-2/h3-7,9-14H,8,15-16H2,1-2H3,(H,30,34)(H,32,33)/b31-23+. The molecule has 5 rings (SSSR count). The molecule has 8 heteroatoms. The van der Waals surface area contributed by atoms with Gasteiger partial charge in [-0.05, 0) is 48.7 Å². The topological polar surface area (TPSA) is 110 Å². The molecule has 0 unspecified atom stereocenters. The first-order valence-electron chi connectivity index (χ1n) is 11.9. The number of nitrogens with one attached hydrogen (secondary N) is 2. The Balaban J connectivity index is 1.41. The maximum Gasteiger partial charge on any atom is 0.339 e. The van der Waals surface area contributed by atoms with Crippen LogP contribution in [0.4, 0.5) is 5.69 Å². The number of amides is 2. The van der Waals surface area contributed by atoms with Crippen molar-refractivity contribution in [3.63, 3.8) is 0 Å². The molecule has 2 amide bonds. The van der Waals surface area contributed by atoms with Crippen molar-refractivity contribution < 1.29 is 23.5 Å². The van der Waals surface area contributed by atoms with Crippen LogP contribution in [0.25, 0.3) is 10.8 Å². The highest BCUT2D eigenvalue weighted by atomic mass is 16.5. The average molecular weight is 496 g/mol. The van der Waals surface area contributed by atoms with Gasteiger partial charge in [-0.3, -0.25) is 9.59 Å². The number of para-hydroxylation sites is 1. The summed E-state index contributed by atoms with van der Waals surface area (Å²) in [4.78, 5) is 38.2. The minimum Gasteiger partial charge on any atom is -0.465 e. The van der Waals surface area contributed by atoms with E-state index in [1.54, 1.807) is 37.3 Å².